The SMILES string of the molecule is Cc1cc(Br)c2nc(-c3cccc(Cl)c3F)nc(Cl)c2c1. The first kappa shape index (κ1) is 14.7. The Balaban J connectivity index is 2.33. The van der Waals surface area contributed by atoms with Gasteiger partial charge in [0.25, 0.3) is 0 Å². The monoisotopic (exact) mass is 384 g/mol. The summed E-state index contributed by atoms with van der Waals surface area (Å²) in [4.78, 5) is 8.60. The van der Waals surface area contributed by atoms with Gasteiger partial charge in [-0.2, -0.15) is 0 Å². The van der Waals surface area contributed by atoms with E-state index in [1.807, 2.05) is 19.1 Å². The maximum absolute atomic E-state index is 14.1. The molecular weight excluding hydrogens is 378 g/mol. The van der Waals surface area contributed by atoms with Crippen molar-refractivity contribution in [2.75, 3.05) is 0 Å². The lowest BCUT2D eigenvalue weighted by molar-refractivity contribution is 0.630. The van der Waals surface area contributed by atoms with Crippen LogP contribution in [0.3, 0.4) is 0 Å². The van der Waals surface area contributed by atoms with Crippen molar-refractivity contribution in [3.63, 3.8) is 0 Å². The highest BCUT2D eigenvalue weighted by Gasteiger charge is 2.15. The molecule has 0 aliphatic heterocycles. The van der Waals surface area contributed by atoms with E-state index in [-0.39, 0.29) is 21.6 Å². The maximum Gasteiger partial charge on any atom is 0.164 e. The number of hydrogen-bond donors (Lipinski definition) is 0. The molecule has 0 aliphatic rings. The van der Waals surface area contributed by atoms with Crippen LogP contribution in [-0.4, -0.2) is 9.97 Å². The maximum atomic E-state index is 14.1. The molecule has 3 aromatic rings. The van der Waals surface area contributed by atoms with Crippen molar-refractivity contribution in [1.29, 1.82) is 0 Å². The van der Waals surface area contributed by atoms with Crippen LogP contribution in [0.15, 0.2) is 34.8 Å². The Morgan fingerprint density at radius 3 is 2.67 bits per heavy atom. The molecule has 6 heteroatoms. The molecule has 1 heterocycles. The number of nitrogens with zero attached hydrogens (tertiary/aromatic N) is 2. The molecular formula is C15H8BrCl2FN2. The third-order valence-electron chi connectivity index (χ3n) is 3.04. The van der Waals surface area contributed by atoms with E-state index in [9.17, 15) is 4.39 Å². The third kappa shape index (κ3) is 2.63. The summed E-state index contributed by atoms with van der Waals surface area (Å²) >= 11 is 15.5. The molecule has 2 aromatic carbocycles. The molecule has 21 heavy (non-hydrogen) atoms. The van der Waals surface area contributed by atoms with Crippen molar-refractivity contribution in [3.05, 3.63) is 56.4 Å². The lowest BCUT2D eigenvalue weighted by atomic mass is 10.1. The molecule has 0 N–H and O–H groups in total. The summed E-state index contributed by atoms with van der Waals surface area (Å²) in [6.45, 7) is 1.95. The smallest absolute Gasteiger partial charge is 0.164 e. The zero-order valence-electron chi connectivity index (χ0n) is 10.8. The summed E-state index contributed by atoms with van der Waals surface area (Å²) in [6, 6.07) is 8.50. The molecule has 2 nitrogen and oxygen atoms in total. The molecule has 1 aromatic heterocycles. The molecule has 3 rings (SSSR count). The van der Waals surface area contributed by atoms with Crippen LogP contribution in [0.25, 0.3) is 22.3 Å². The fourth-order valence-corrected chi connectivity index (χ4v) is 3.15. The van der Waals surface area contributed by atoms with Gasteiger partial charge in [-0.3, -0.25) is 0 Å². The van der Waals surface area contributed by atoms with Gasteiger partial charge < -0.3 is 0 Å². The first-order valence-electron chi connectivity index (χ1n) is 6.05. The Morgan fingerprint density at radius 2 is 1.90 bits per heavy atom. The van der Waals surface area contributed by atoms with Crippen molar-refractivity contribution < 1.29 is 4.39 Å². The van der Waals surface area contributed by atoms with Gasteiger partial charge in [-0.15, -0.1) is 0 Å². The number of benzene rings is 2. The van der Waals surface area contributed by atoms with Gasteiger partial charge in [0.1, 0.15) is 5.15 Å². The van der Waals surface area contributed by atoms with Gasteiger partial charge in [0.2, 0.25) is 0 Å². The van der Waals surface area contributed by atoms with Crippen molar-refractivity contribution in [3.8, 4) is 11.4 Å². The van der Waals surface area contributed by atoms with Crippen LogP contribution in [0.5, 0.6) is 0 Å². The molecule has 0 radical (unpaired) electrons. The van der Waals surface area contributed by atoms with E-state index in [0.29, 0.717) is 5.52 Å². The Bertz CT molecular complexity index is 868. The van der Waals surface area contributed by atoms with E-state index < -0.39 is 5.82 Å². The topological polar surface area (TPSA) is 25.8 Å². The van der Waals surface area contributed by atoms with Crippen LogP contribution in [0.1, 0.15) is 5.56 Å². The van der Waals surface area contributed by atoms with Gasteiger partial charge in [-0.25, -0.2) is 14.4 Å². The van der Waals surface area contributed by atoms with Gasteiger partial charge >= 0.3 is 0 Å². The fourth-order valence-electron chi connectivity index (χ4n) is 2.09. The number of hydrogen-bond acceptors (Lipinski definition) is 2. The molecule has 0 atom stereocenters. The lowest BCUT2D eigenvalue weighted by Gasteiger charge is -2.08. The van der Waals surface area contributed by atoms with Crippen LogP contribution >= 0.6 is 39.1 Å². The summed E-state index contributed by atoms with van der Waals surface area (Å²) in [6.07, 6.45) is 0. The molecule has 0 aliphatic carbocycles. The van der Waals surface area contributed by atoms with Gasteiger partial charge in [0, 0.05) is 9.86 Å². The van der Waals surface area contributed by atoms with Gasteiger partial charge in [0.15, 0.2) is 11.6 Å². The molecule has 0 unspecified atom stereocenters. The molecule has 0 fully saturated rings. The second kappa shape index (κ2) is 5.52. The zero-order valence-corrected chi connectivity index (χ0v) is 13.9. The van der Waals surface area contributed by atoms with Gasteiger partial charge in [0.05, 0.1) is 16.1 Å². The van der Waals surface area contributed by atoms with E-state index in [2.05, 4.69) is 25.9 Å². The molecule has 0 spiro atoms. The number of halogens is 4. The van der Waals surface area contributed by atoms with Crippen LogP contribution in [0, 0.1) is 12.7 Å². The Hall–Kier alpha value is -1.23. The van der Waals surface area contributed by atoms with Crippen molar-refractivity contribution in [1.82, 2.24) is 9.97 Å². The number of fused-ring (bicyclic) bond motifs is 1. The molecule has 0 saturated carbocycles. The van der Waals surface area contributed by atoms with Crippen LogP contribution in [-0.2, 0) is 0 Å². The minimum Gasteiger partial charge on any atom is -0.227 e. The predicted molar refractivity (Wildman–Crippen MR) is 87.4 cm³/mol. The van der Waals surface area contributed by atoms with Crippen molar-refractivity contribution >= 4 is 50.0 Å². The highest BCUT2D eigenvalue weighted by Crippen LogP contribution is 2.32. The van der Waals surface area contributed by atoms with Crippen LogP contribution in [0.2, 0.25) is 10.2 Å². The summed E-state index contributed by atoms with van der Waals surface area (Å²) in [7, 11) is 0. The summed E-state index contributed by atoms with van der Waals surface area (Å²) in [5, 5.41) is 1.02. The van der Waals surface area contributed by atoms with Crippen LogP contribution in [0.4, 0.5) is 4.39 Å². The zero-order chi connectivity index (χ0) is 15.1. The molecule has 0 bridgehead atoms. The van der Waals surface area contributed by atoms with E-state index in [0.717, 1.165) is 15.4 Å². The summed E-state index contributed by atoms with van der Waals surface area (Å²) < 4.78 is 14.9. The first-order chi connectivity index (χ1) is 9.97. The second-order valence-electron chi connectivity index (χ2n) is 4.58. The molecule has 106 valence electrons. The normalized spacial score (nSPS) is 11.1. The quantitative estimate of drug-likeness (QED) is 0.493. The summed E-state index contributed by atoms with van der Waals surface area (Å²) in [5.41, 5.74) is 1.88. The minimum atomic E-state index is -0.558. The number of aromatic nitrogens is 2. The Labute approximate surface area is 139 Å². The van der Waals surface area contributed by atoms with E-state index in [4.69, 9.17) is 23.2 Å². The van der Waals surface area contributed by atoms with Gasteiger partial charge in [-0.05, 0) is 52.7 Å². The Morgan fingerprint density at radius 1 is 1.14 bits per heavy atom. The predicted octanol–water partition coefficient (Wildman–Crippen LogP) is 5.81. The number of aryl methyl sites for hydroxylation is 1. The van der Waals surface area contributed by atoms with E-state index in [1.54, 1.807) is 12.1 Å². The summed E-state index contributed by atoms with van der Waals surface area (Å²) in [5.74, 6) is -0.352. The highest BCUT2D eigenvalue weighted by molar-refractivity contribution is 9.10. The van der Waals surface area contributed by atoms with E-state index in [1.165, 1.54) is 6.07 Å². The molecule has 0 amide bonds. The molecule has 0 saturated heterocycles. The average molecular weight is 386 g/mol. The average Bonchev–Trinajstić information content (AvgIpc) is 2.43. The fraction of sp³-hybridized carbons (Fsp3) is 0.0667. The Kier molecular flexibility index (Phi) is 3.86. The first-order valence-corrected chi connectivity index (χ1v) is 7.60. The van der Waals surface area contributed by atoms with Crippen LogP contribution < -0.4 is 0 Å². The van der Waals surface area contributed by atoms with Crippen molar-refractivity contribution in [2.24, 2.45) is 0 Å². The largest absolute Gasteiger partial charge is 0.227 e. The second-order valence-corrected chi connectivity index (χ2v) is 6.20. The van der Waals surface area contributed by atoms with E-state index >= 15 is 0 Å². The van der Waals surface area contributed by atoms with Gasteiger partial charge in [-0.1, -0.05) is 29.3 Å². The highest BCUT2D eigenvalue weighted by atomic mass is 79.9. The van der Waals surface area contributed by atoms with Crippen molar-refractivity contribution in [2.45, 2.75) is 6.92 Å². The number of rotatable bonds is 1. The lowest BCUT2D eigenvalue weighted by Crippen LogP contribution is -1.96. The minimum absolute atomic E-state index is 0.0234. The third-order valence-corrected chi connectivity index (χ3v) is 4.23. The standard InChI is InChI=1S/C15H8BrCl2FN2/c1-7-5-9-13(10(16)6-7)20-15(21-14(9)18)8-3-2-4-11(17)12(8)19/h2-6H,1H3.